The van der Waals surface area contributed by atoms with E-state index in [2.05, 4.69) is 20.4 Å². The fourth-order valence-electron chi connectivity index (χ4n) is 3.95. The van der Waals surface area contributed by atoms with Gasteiger partial charge < -0.3 is 14.4 Å². The number of likely N-dealkylation sites (N-methyl/N-ethyl adjacent to an activating group) is 1. The first kappa shape index (κ1) is 24.7. The summed E-state index contributed by atoms with van der Waals surface area (Å²) < 4.78 is 14.2. The van der Waals surface area contributed by atoms with Crippen molar-refractivity contribution in [3.8, 4) is 28.6 Å². The summed E-state index contributed by atoms with van der Waals surface area (Å²) >= 11 is 7.08. The summed E-state index contributed by atoms with van der Waals surface area (Å²) in [4.78, 5) is 35.5. The Balaban J connectivity index is 1.40. The van der Waals surface area contributed by atoms with E-state index in [0.29, 0.717) is 45.5 Å². The lowest BCUT2D eigenvalue weighted by atomic mass is 10.1. The van der Waals surface area contributed by atoms with Crippen molar-refractivity contribution >= 4 is 39.9 Å². The molecular formula is C25H23ClN6O4S. The maximum Gasteiger partial charge on any atom is 0.263 e. The van der Waals surface area contributed by atoms with Gasteiger partial charge in [-0.25, -0.2) is 14.6 Å². The van der Waals surface area contributed by atoms with Crippen LogP contribution in [-0.2, 0) is 11.8 Å². The second kappa shape index (κ2) is 10.2. The van der Waals surface area contributed by atoms with Crippen LogP contribution >= 0.6 is 22.9 Å². The average Bonchev–Trinajstić information content (AvgIpc) is 3.53. The Labute approximate surface area is 221 Å². The number of likely N-dealkylation sites (tertiary alicyclic amines) is 1. The Hall–Kier alpha value is -3.96. The third-order valence-corrected chi connectivity index (χ3v) is 6.74. The molecule has 37 heavy (non-hydrogen) atoms. The average molecular weight is 539 g/mol. The van der Waals surface area contributed by atoms with Crippen molar-refractivity contribution in [2.45, 2.75) is 19.4 Å². The lowest BCUT2D eigenvalue weighted by Gasteiger charge is -2.15. The Morgan fingerprint density at radius 1 is 1.14 bits per heavy atom. The topological polar surface area (TPSA) is 111 Å². The van der Waals surface area contributed by atoms with Gasteiger partial charge >= 0.3 is 0 Å². The predicted octanol–water partition coefficient (Wildman–Crippen LogP) is 4.55. The summed E-state index contributed by atoms with van der Waals surface area (Å²) in [5, 5.41) is 7.37. The monoisotopic (exact) mass is 538 g/mol. The number of ether oxygens (including phenoxy) is 2. The van der Waals surface area contributed by atoms with Gasteiger partial charge in [-0.15, -0.1) is 0 Å². The highest BCUT2D eigenvalue weighted by molar-refractivity contribution is 7.19. The van der Waals surface area contributed by atoms with Gasteiger partial charge in [0.05, 0.1) is 6.20 Å². The van der Waals surface area contributed by atoms with Crippen LogP contribution in [0.5, 0.6) is 17.2 Å². The molecule has 10 nitrogen and oxygen atoms in total. The van der Waals surface area contributed by atoms with Crippen LogP contribution in [0.15, 0.2) is 48.7 Å². The molecule has 1 fully saturated rings. The van der Waals surface area contributed by atoms with Crippen molar-refractivity contribution < 1.29 is 19.1 Å². The molecule has 2 aromatic carbocycles. The van der Waals surface area contributed by atoms with Gasteiger partial charge in [-0.2, -0.15) is 5.10 Å². The molecule has 0 bridgehead atoms. The van der Waals surface area contributed by atoms with Crippen molar-refractivity contribution in [2.24, 2.45) is 7.05 Å². The molecule has 1 aliphatic heterocycles. The summed E-state index contributed by atoms with van der Waals surface area (Å²) in [6, 6.07) is 12.2. The minimum Gasteiger partial charge on any atom is -0.480 e. The lowest BCUT2D eigenvalue weighted by Crippen LogP contribution is -2.29. The van der Waals surface area contributed by atoms with Gasteiger partial charge in [0.15, 0.2) is 17.1 Å². The van der Waals surface area contributed by atoms with Gasteiger partial charge in [-0.05, 0) is 43.3 Å². The number of halogens is 1. The SMILES string of the molecule is Cc1nc(-c2ccc(Oc3cc(OC4CCN(C)C4=O)cc(C(=O)Nc4ncc(Cl)s4)c3)cc2)n(C)n1. The van der Waals surface area contributed by atoms with E-state index >= 15 is 0 Å². The van der Waals surface area contributed by atoms with Crippen molar-refractivity contribution in [2.75, 3.05) is 18.9 Å². The van der Waals surface area contributed by atoms with Gasteiger partial charge in [0.1, 0.15) is 27.4 Å². The van der Waals surface area contributed by atoms with Crippen LogP contribution in [-0.4, -0.2) is 56.2 Å². The van der Waals surface area contributed by atoms with Crippen molar-refractivity contribution in [3.63, 3.8) is 0 Å². The summed E-state index contributed by atoms with van der Waals surface area (Å²) in [6.45, 7) is 2.44. The number of thiazole rings is 1. The number of hydrogen-bond donors (Lipinski definition) is 1. The number of amides is 2. The minimum absolute atomic E-state index is 0.107. The molecule has 1 saturated heterocycles. The van der Waals surface area contributed by atoms with E-state index in [1.165, 1.54) is 6.20 Å². The first-order valence-corrected chi connectivity index (χ1v) is 12.6. The number of hydrogen-bond acceptors (Lipinski definition) is 8. The quantitative estimate of drug-likeness (QED) is 0.367. The minimum atomic E-state index is -0.622. The molecule has 1 N–H and O–H groups in total. The van der Waals surface area contributed by atoms with E-state index < -0.39 is 12.0 Å². The molecule has 0 spiro atoms. The van der Waals surface area contributed by atoms with Crippen molar-refractivity contribution in [3.05, 3.63) is 64.4 Å². The summed E-state index contributed by atoms with van der Waals surface area (Å²) in [6.07, 6.45) is 1.40. The molecular weight excluding hydrogens is 516 g/mol. The highest BCUT2D eigenvalue weighted by Gasteiger charge is 2.31. The Kier molecular flexibility index (Phi) is 6.81. The Morgan fingerprint density at radius 2 is 1.89 bits per heavy atom. The summed E-state index contributed by atoms with van der Waals surface area (Å²) in [5.74, 6) is 2.18. The number of rotatable bonds is 7. The predicted molar refractivity (Wildman–Crippen MR) is 139 cm³/mol. The second-order valence-corrected chi connectivity index (χ2v) is 10.2. The molecule has 2 amide bonds. The van der Waals surface area contributed by atoms with Gasteiger partial charge in [-0.1, -0.05) is 22.9 Å². The smallest absolute Gasteiger partial charge is 0.263 e. The zero-order valence-corrected chi connectivity index (χ0v) is 21.8. The van der Waals surface area contributed by atoms with Crippen LogP contribution in [0.2, 0.25) is 4.34 Å². The first-order chi connectivity index (χ1) is 17.7. The van der Waals surface area contributed by atoms with E-state index in [1.807, 2.05) is 26.1 Å². The van der Waals surface area contributed by atoms with E-state index in [0.717, 1.165) is 22.7 Å². The van der Waals surface area contributed by atoms with E-state index in [1.54, 1.807) is 47.0 Å². The van der Waals surface area contributed by atoms with Crippen LogP contribution in [0.4, 0.5) is 5.13 Å². The zero-order valence-electron chi connectivity index (χ0n) is 20.3. The first-order valence-electron chi connectivity index (χ1n) is 11.4. The molecule has 1 aliphatic rings. The number of anilines is 1. The molecule has 5 rings (SSSR count). The normalized spacial score (nSPS) is 15.2. The number of nitrogens with one attached hydrogen (secondary N) is 1. The van der Waals surface area contributed by atoms with Gasteiger partial charge in [0.2, 0.25) is 0 Å². The van der Waals surface area contributed by atoms with E-state index in [-0.39, 0.29) is 11.5 Å². The van der Waals surface area contributed by atoms with Crippen LogP contribution < -0.4 is 14.8 Å². The van der Waals surface area contributed by atoms with Crippen LogP contribution in [0.25, 0.3) is 11.4 Å². The summed E-state index contributed by atoms with van der Waals surface area (Å²) in [7, 11) is 3.57. The number of carbonyl (C=O) groups excluding carboxylic acids is 2. The molecule has 1 atom stereocenters. The van der Waals surface area contributed by atoms with E-state index in [4.69, 9.17) is 21.1 Å². The molecule has 2 aromatic heterocycles. The molecule has 12 heteroatoms. The molecule has 1 unspecified atom stereocenters. The van der Waals surface area contributed by atoms with Crippen LogP contribution in [0, 0.1) is 6.92 Å². The molecule has 0 saturated carbocycles. The number of nitrogens with zero attached hydrogens (tertiary/aromatic N) is 5. The maximum absolute atomic E-state index is 13.0. The molecule has 0 aliphatic carbocycles. The van der Waals surface area contributed by atoms with Crippen LogP contribution in [0.1, 0.15) is 22.6 Å². The third kappa shape index (κ3) is 5.57. The Morgan fingerprint density at radius 3 is 2.51 bits per heavy atom. The fourth-order valence-corrected chi connectivity index (χ4v) is 4.75. The van der Waals surface area contributed by atoms with E-state index in [9.17, 15) is 9.59 Å². The Bertz CT molecular complexity index is 1470. The molecule has 190 valence electrons. The largest absolute Gasteiger partial charge is 0.480 e. The van der Waals surface area contributed by atoms with Crippen LogP contribution in [0.3, 0.4) is 0 Å². The maximum atomic E-state index is 13.0. The van der Waals surface area contributed by atoms with Gasteiger partial charge in [0, 0.05) is 44.3 Å². The molecule has 3 heterocycles. The summed E-state index contributed by atoms with van der Waals surface area (Å²) in [5.41, 5.74) is 1.17. The number of carbonyl (C=O) groups is 2. The standard InChI is InChI=1S/C25H23ClN6O4S/c1-14-28-22(32(3)30-14)15-4-6-17(7-5-15)35-18-10-16(23(33)29-25-27-13-21(26)37-25)11-19(12-18)36-20-8-9-31(2)24(20)34/h4-7,10-13,20H,8-9H2,1-3H3,(H,27,29,33). The number of benzene rings is 2. The van der Waals surface area contributed by atoms with Crippen molar-refractivity contribution in [1.82, 2.24) is 24.6 Å². The third-order valence-electron chi connectivity index (χ3n) is 5.71. The molecule has 4 aromatic rings. The number of aryl methyl sites for hydroxylation is 2. The van der Waals surface area contributed by atoms with Gasteiger partial charge in [0.25, 0.3) is 11.8 Å². The van der Waals surface area contributed by atoms with Crippen molar-refractivity contribution in [1.29, 1.82) is 0 Å². The highest BCUT2D eigenvalue weighted by atomic mass is 35.5. The molecule has 0 radical (unpaired) electrons. The highest BCUT2D eigenvalue weighted by Crippen LogP contribution is 2.31. The zero-order chi connectivity index (χ0) is 26.1. The fraction of sp³-hybridized carbons (Fsp3) is 0.240. The number of aromatic nitrogens is 4. The van der Waals surface area contributed by atoms with Gasteiger partial charge in [-0.3, -0.25) is 14.9 Å². The lowest BCUT2D eigenvalue weighted by molar-refractivity contribution is -0.132. The second-order valence-electron chi connectivity index (χ2n) is 8.50.